The second-order valence-electron chi connectivity index (χ2n) is 7.11. The van der Waals surface area contributed by atoms with E-state index in [0.29, 0.717) is 12.1 Å². The van der Waals surface area contributed by atoms with E-state index in [0.717, 1.165) is 6.04 Å². The summed E-state index contributed by atoms with van der Waals surface area (Å²) in [4.78, 5) is 2.77. The number of hydrogen-bond donors (Lipinski definition) is 1. The molecular formula is C19H30N2. The van der Waals surface area contributed by atoms with Gasteiger partial charge in [-0.3, -0.25) is 4.90 Å². The minimum atomic E-state index is 0.543. The van der Waals surface area contributed by atoms with Crippen molar-refractivity contribution in [2.24, 2.45) is 0 Å². The van der Waals surface area contributed by atoms with Crippen LogP contribution in [0.3, 0.4) is 0 Å². The molecule has 1 aliphatic heterocycles. The van der Waals surface area contributed by atoms with Gasteiger partial charge >= 0.3 is 0 Å². The highest BCUT2D eigenvalue weighted by Gasteiger charge is 2.34. The summed E-state index contributed by atoms with van der Waals surface area (Å²) in [5.74, 6) is 0. The van der Waals surface area contributed by atoms with Gasteiger partial charge in [0, 0.05) is 24.7 Å². The normalized spacial score (nSPS) is 24.3. The third kappa shape index (κ3) is 3.67. The molecule has 116 valence electrons. The van der Waals surface area contributed by atoms with Crippen molar-refractivity contribution in [1.82, 2.24) is 10.2 Å². The fourth-order valence-electron chi connectivity index (χ4n) is 3.75. The molecule has 3 rings (SSSR count). The number of nitrogens with zero attached hydrogens (tertiary/aromatic N) is 1. The molecule has 1 aliphatic carbocycles. The van der Waals surface area contributed by atoms with E-state index in [-0.39, 0.29) is 0 Å². The Morgan fingerprint density at radius 1 is 1.19 bits per heavy atom. The van der Waals surface area contributed by atoms with Gasteiger partial charge in [0.2, 0.25) is 0 Å². The van der Waals surface area contributed by atoms with Crippen LogP contribution in [0.5, 0.6) is 0 Å². The SMILES string of the molecule is Cc1ccc(C)c(C(C)N(CC2CCCCN2)C2CC2)c1. The van der Waals surface area contributed by atoms with Crippen LogP contribution < -0.4 is 5.32 Å². The average Bonchev–Trinajstić information content (AvgIpc) is 3.32. The van der Waals surface area contributed by atoms with Crippen molar-refractivity contribution in [1.29, 1.82) is 0 Å². The zero-order chi connectivity index (χ0) is 14.8. The van der Waals surface area contributed by atoms with Gasteiger partial charge in [0.25, 0.3) is 0 Å². The van der Waals surface area contributed by atoms with Gasteiger partial charge in [0.15, 0.2) is 0 Å². The summed E-state index contributed by atoms with van der Waals surface area (Å²) in [6.45, 7) is 9.30. The lowest BCUT2D eigenvalue weighted by molar-refractivity contribution is 0.166. The summed E-state index contributed by atoms with van der Waals surface area (Å²) in [6.07, 6.45) is 6.88. The van der Waals surface area contributed by atoms with Gasteiger partial charge in [-0.05, 0) is 64.1 Å². The topological polar surface area (TPSA) is 15.3 Å². The molecule has 1 heterocycles. The Morgan fingerprint density at radius 3 is 2.67 bits per heavy atom. The monoisotopic (exact) mass is 286 g/mol. The summed E-state index contributed by atoms with van der Waals surface area (Å²) in [5, 5.41) is 3.72. The van der Waals surface area contributed by atoms with Crippen LogP contribution in [0, 0.1) is 13.8 Å². The van der Waals surface area contributed by atoms with E-state index in [1.807, 2.05) is 0 Å². The van der Waals surface area contributed by atoms with Crippen molar-refractivity contribution in [2.75, 3.05) is 13.1 Å². The lowest BCUT2D eigenvalue weighted by atomic mass is 9.97. The third-order valence-electron chi connectivity index (χ3n) is 5.24. The Labute approximate surface area is 129 Å². The highest BCUT2D eigenvalue weighted by Crippen LogP contribution is 2.36. The summed E-state index contributed by atoms with van der Waals surface area (Å²) in [5.41, 5.74) is 4.35. The Hall–Kier alpha value is -0.860. The molecule has 2 heteroatoms. The maximum absolute atomic E-state index is 3.72. The fraction of sp³-hybridized carbons (Fsp3) is 0.684. The molecule has 1 aromatic rings. The lowest BCUT2D eigenvalue weighted by Crippen LogP contribution is -2.45. The van der Waals surface area contributed by atoms with Crippen LogP contribution in [0.4, 0.5) is 0 Å². The number of rotatable bonds is 5. The second kappa shape index (κ2) is 6.50. The number of nitrogens with one attached hydrogen (secondary N) is 1. The van der Waals surface area contributed by atoms with Crippen molar-refractivity contribution in [2.45, 2.75) is 71.0 Å². The molecule has 1 saturated carbocycles. The zero-order valence-corrected chi connectivity index (χ0v) is 13.9. The van der Waals surface area contributed by atoms with Crippen molar-refractivity contribution in [3.63, 3.8) is 0 Å². The predicted molar refractivity (Wildman–Crippen MR) is 89.7 cm³/mol. The predicted octanol–water partition coefficient (Wildman–Crippen LogP) is 3.97. The molecule has 0 spiro atoms. The second-order valence-corrected chi connectivity index (χ2v) is 7.11. The molecule has 2 aliphatic rings. The molecule has 2 fully saturated rings. The minimum Gasteiger partial charge on any atom is -0.313 e. The largest absolute Gasteiger partial charge is 0.313 e. The standard InChI is InChI=1S/C19H30N2/c1-14-7-8-15(2)19(12-14)16(3)21(18-9-10-18)13-17-6-4-5-11-20-17/h7-8,12,16-18,20H,4-6,9-11,13H2,1-3H3. The summed E-state index contributed by atoms with van der Waals surface area (Å²) in [6, 6.07) is 8.97. The number of aryl methyl sites for hydroxylation is 2. The van der Waals surface area contributed by atoms with E-state index < -0.39 is 0 Å². The first-order valence-electron chi connectivity index (χ1n) is 8.71. The van der Waals surface area contributed by atoms with Gasteiger partial charge in [-0.15, -0.1) is 0 Å². The molecule has 1 N–H and O–H groups in total. The molecule has 2 unspecified atom stereocenters. The van der Waals surface area contributed by atoms with Crippen molar-refractivity contribution < 1.29 is 0 Å². The van der Waals surface area contributed by atoms with Crippen LogP contribution in [0.2, 0.25) is 0 Å². The Kier molecular flexibility index (Phi) is 4.66. The smallest absolute Gasteiger partial charge is 0.0326 e. The molecule has 0 amide bonds. The average molecular weight is 286 g/mol. The van der Waals surface area contributed by atoms with Crippen LogP contribution in [0.1, 0.15) is 61.8 Å². The van der Waals surface area contributed by atoms with Crippen LogP contribution in [0.25, 0.3) is 0 Å². The highest BCUT2D eigenvalue weighted by atomic mass is 15.2. The summed E-state index contributed by atoms with van der Waals surface area (Å²) >= 11 is 0. The molecule has 0 bridgehead atoms. The first-order valence-corrected chi connectivity index (χ1v) is 8.71. The van der Waals surface area contributed by atoms with Crippen LogP contribution >= 0.6 is 0 Å². The van der Waals surface area contributed by atoms with E-state index in [2.05, 4.69) is 49.2 Å². The lowest BCUT2D eigenvalue weighted by Gasteiger charge is -2.35. The molecular weight excluding hydrogens is 256 g/mol. The minimum absolute atomic E-state index is 0.543. The molecule has 2 nitrogen and oxygen atoms in total. The zero-order valence-electron chi connectivity index (χ0n) is 13.9. The van der Waals surface area contributed by atoms with E-state index in [4.69, 9.17) is 0 Å². The van der Waals surface area contributed by atoms with Gasteiger partial charge < -0.3 is 5.32 Å². The van der Waals surface area contributed by atoms with E-state index in [1.165, 1.54) is 61.9 Å². The van der Waals surface area contributed by atoms with E-state index in [9.17, 15) is 0 Å². The van der Waals surface area contributed by atoms with Crippen LogP contribution in [0.15, 0.2) is 18.2 Å². The number of hydrogen-bond acceptors (Lipinski definition) is 2. The van der Waals surface area contributed by atoms with Crippen molar-refractivity contribution in [3.8, 4) is 0 Å². The molecule has 0 aromatic heterocycles. The maximum atomic E-state index is 3.72. The van der Waals surface area contributed by atoms with Crippen LogP contribution in [-0.2, 0) is 0 Å². The summed E-state index contributed by atoms with van der Waals surface area (Å²) in [7, 11) is 0. The number of piperidine rings is 1. The quantitative estimate of drug-likeness (QED) is 0.881. The first-order chi connectivity index (χ1) is 10.1. The molecule has 0 radical (unpaired) electrons. The van der Waals surface area contributed by atoms with Gasteiger partial charge in [0.05, 0.1) is 0 Å². The number of benzene rings is 1. The van der Waals surface area contributed by atoms with Gasteiger partial charge in [-0.1, -0.05) is 30.2 Å². The van der Waals surface area contributed by atoms with Gasteiger partial charge in [0.1, 0.15) is 0 Å². The van der Waals surface area contributed by atoms with E-state index >= 15 is 0 Å². The molecule has 21 heavy (non-hydrogen) atoms. The Morgan fingerprint density at radius 2 is 2.00 bits per heavy atom. The van der Waals surface area contributed by atoms with Gasteiger partial charge in [-0.2, -0.15) is 0 Å². The first kappa shape index (κ1) is 15.1. The molecule has 1 saturated heterocycles. The highest BCUT2D eigenvalue weighted by molar-refractivity contribution is 5.33. The fourth-order valence-corrected chi connectivity index (χ4v) is 3.75. The maximum Gasteiger partial charge on any atom is 0.0326 e. The molecule has 1 aromatic carbocycles. The van der Waals surface area contributed by atoms with Crippen molar-refractivity contribution >= 4 is 0 Å². The van der Waals surface area contributed by atoms with E-state index in [1.54, 1.807) is 0 Å². The summed E-state index contributed by atoms with van der Waals surface area (Å²) < 4.78 is 0. The molecule has 2 atom stereocenters. The van der Waals surface area contributed by atoms with Gasteiger partial charge in [-0.25, -0.2) is 0 Å². The van der Waals surface area contributed by atoms with Crippen molar-refractivity contribution in [3.05, 3.63) is 34.9 Å². The Bertz CT molecular complexity index is 472. The third-order valence-corrected chi connectivity index (χ3v) is 5.24. The van der Waals surface area contributed by atoms with Crippen LogP contribution in [-0.4, -0.2) is 30.1 Å². The Balaban J connectivity index is 1.74.